The maximum absolute atomic E-state index is 13.9. The van der Waals surface area contributed by atoms with E-state index >= 15 is 0 Å². The maximum atomic E-state index is 13.9. The minimum Gasteiger partial charge on any atom is -0.508 e. The molecule has 10 nitrogen and oxygen atoms in total. The molecule has 2 aromatic carbocycles. The van der Waals surface area contributed by atoms with E-state index in [1.807, 2.05) is 31.3 Å². The highest BCUT2D eigenvalue weighted by Gasteiger charge is 2.64. The minimum atomic E-state index is -2.65. The van der Waals surface area contributed by atoms with Crippen molar-refractivity contribution in [2.45, 2.75) is 31.0 Å². The average Bonchev–Trinajstić information content (AvgIpc) is 2.87. The number of benzene rings is 2. The van der Waals surface area contributed by atoms with Gasteiger partial charge in [-0.25, -0.2) is 0 Å². The summed E-state index contributed by atoms with van der Waals surface area (Å²) in [5, 5.41) is 47.9. The van der Waals surface area contributed by atoms with E-state index in [1.165, 1.54) is 11.0 Å². The van der Waals surface area contributed by atoms with Crippen LogP contribution in [0, 0.1) is 11.8 Å². The number of aliphatic hydroxyl groups excluding tert-OH is 2. The van der Waals surface area contributed by atoms with Crippen LogP contribution in [0.5, 0.6) is 5.75 Å². The van der Waals surface area contributed by atoms with Crippen molar-refractivity contribution in [3.05, 3.63) is 70.0 Å². The van der Waals surface area contributed by atoms with Crippen LogP contribution in [0.1, 0.15) is 23.1 Å². The molecule has 0 radical (unpaired) electrons. The van der Waals surface area contributed by atoms with E-state index in [9.17, 15) is 34.8 Å². The number of primary amides is 1. The lowest BCUT2D eigenvalue weighted by molar-refractivity contribution is -0.153. The second-order valence-corrected chi connectivity index (χ2v) is 10.7. The number of hydrogen-bond donors (Lipinski definition) is 6. The molecular weight excluding hydrogens is 502 g/mol. The van der Waals surface area contributed by atoms with E-state index < -0.39 is 58.0 Å². The van der Waals surface area contributed by atoms with Crippen LogP contribution in [-0.2, 0) is 27.3 Å². The number of nitrogens with one attached hydrogen (secondary N) is 1. The number of phenolic OH excluding ortho intramolecular Hbond substituents is 1. The van der Waals surface area contributed by atoms with Crippen molar-refractivity contribution < 1.29 is 34.8 Å². The largest absolute Gasteiger partial charge is 0.508 e. The normalized spacial score (nSPS) is 26.4. The minimum absolute atomic E-state index is 0.0436. The molecule has 3 aliphatic carbocycles. The highest BCUT2D eigenvalue weighted by Crippen LogP contribution is 2.53. The summed E-state index contributed by atoms with van der Waals surface area (Å²) in [6.07, 6.45) is 0.276. The molecule has 0 heterocycles. The maximum Gasteiger partial charge on any atom is 0.255 e. The van der Waals surface area contributed by atoms with E-state index in [4.69, 9.17) is 5.73 Å². The standard InChI is InChI=1S/C29H31N3O7/c1-31-12-13-4-6-14(7-5-13)16-8-9-19(33)21-17(16)10-15-11-18-23(32(2)3)25(35)22(28(30)38)27(37)29(18,39)26(36)20(15)24(21)34/h4-9,15,18,23,31,33-34,37,39H,10-12H2,1-3H3,(H2,30,38)/t15-,18-,23-,29-/m0/s1. The van der Waals surface area contributed by atoms with Crippen molar-refractivity contribution >= 4 is 23.2 Å². The first-order chi connectivity index (χ1) is 18.4. The number of likely N-dealkylation sites (N-methyl/N-ethyl adjacent to an activating group) is 1. The van der Waals surface area contributed by atoms with Gasteiger partial charge in [0.15, 0.2) is 11.4 Å². The molecule has 0 unspecified atom stereocenters. The Morgan fingerprint density at radius 3 is 2.36 bits per heavy atom. The van der Waals surface area contributed by atoms with Crippen molar-refractivity contribution in [1.29, 1.82) is 0 Å². The smallest absolute Gasteiger partial charge is 0.255 e. The summed E-state index contributed by atoms with van der Waals surface area (Å²) >= 11 is 0. The lowest BCUT2D eigenvalue weighted by atomic mass is 9.57. The van der Waals surface area contributed by atoms with Crippen LogP contribution >= 0.6 is 0 Å². The third-order valence-corrected chi connectivity index (χ3v) is 8.25. The molecule has 3 aliphatic rings. The summed E-state index contributed by atoms with van der Waals surface area (Å²) in [6.45, 7) is 0.694. The number of fused-ring (bicyclic) bond motifs is 3. The van der Waals surface area contributed by atoms with Crippen molar-refractivity contribution in [2.75, 3.05) is 21.1 Å². The van der Waals surface area contributed by atoms with Crippen LogP contribution in [0.25, 0.3) is 16.9 Å². The predicted molar refractivity (Wildman–Crippen MR) is 142 cm³/mol. The fourth-order valence-corrected chi connectivity index (χ4v) is 6.52. The Morgan fingerprint density at radius 1 is 1.10 bits per heavy atom. The number of carbonyl (C=O) groups excluding carboxylic acids is 3. The summed E-state index contributed by atoms with van der Waals surface area (Å²) in [7, 11) is 5.00. The topological polar surface area (TPSA) is 173 Å². The average molecular weight is 534 g/mol. The Balaban J connectivity index is 1.69. The number of aromatic hydroxyl groups is 1. The second kappa shape index (κ2) is 9.33. The molecule has 0 spiro atoms. The van der Waals surface area contributed by atoms with Gasteiger partial charge < -0.3 is 31.5 Å². The molecule has 0 bridgehead atoms. The molecule has 7 N–H and O–H groups in total. The number of amides is 1. The van der Waals surface area contributed by atoms with Crippen LogP contribution in [0.2, 0.25) is 0 Å². The highest BCUT2D eigenvalue weighted by atomic mass is 16.3. The monoisotopic (exact) mass is 533 g/mol. The number of nitrogens with two attached hydrogens (primary N) is 1. The van der Waals surface area contributed by atoms with Gasteiger partial charge in [-0.05, 0) is 68.2 Å². The van der Waals surface area contributed by atoms with Crippen LogP contribution < -0.4 is 11.1 Å². The Kier molecular flexibility index (Phi) is 6.37. The number of ketones is 2. The fraction of sp³-hybridized carbons (Fsp3) is 0.345. The van der Waals surface area contributed by atoms with Gasteiger partial charge in [0.25, 0.3) is 5.91 Å². The fourth-order valence-electron chi connectivity index (χ4n) is 6.52. The predicted octanol–water partition coefficient (Wildman–Crippen LogP) is 1.35. The quantitative estimate of drug-likeness (QED) is 0.310. The second-order valence-electron chi connectivity index (χ2n) is 10.7. The van der Waals surface area contributed by atoms with Gasteiger partial charge in [0, 0.05) is 18.0 Å². The molecule has 0 saturated heterocycles. The van der Waals surface area contributed by atoms with E-state index in [1.54, 1.807) is 20.2 Å². The van der Waals surface area contributed by atoms with Gasteiger partial charge >= 0.3 is 0 Å². The molecule has 1 saturated carbocycles. The van der Waals surface area contributed by atoms with Crippen LogP contribution in [0.15, 0.2) is 53.3 Å². The molecule has 39 heavy (non-hydrogen) atoms. The van der Waals surface area contributed by atoms with Crippen LogP contribution in [0.3, 0.4) is 0 Å². The zero-order chi connectivity index (χ0) is 28.4. The molecule has 0 aliphatic heterocycles. The highest BCUT2D eigenvalue weighted by molar-refractivity contribution is 6.24. The van der Waals surface area contributed by atoms with Gasteiger partial charge in [0.05, 0.1) is 11.6 Å². The molecule has 5 rings (SSSR count). The van der Waals surface area contributed by atoms with Crippen molar-refractivity contribution in [1.82, 2.24) is 10.2 Å². The number of carbonyl (C=O) groups is 3. The van der Waals surface area contributed by atoms with E-state index in [-0.39, 0.29) is 29.7 Å². The molecule has 1 amide bonds. The first-order valence-electron chi connectivity index (χ1n) is 12.7. The Hall–Kier alpha value is -3.99. The number of Topliss-reactive ketones (excluding diaryl/α,β-unsaturated/α-hetero) is 2. The molecular formula is C29H31N3O7. The molecule has 2 aromatic rings. The van der Waals surface area contributed by atoms with E-state index in [0.29, 0.717) is 12.1 Å². The lowest BCUT2D eigenvalue weighted by Gasteiger charge is -2.50. The molecule has 1 fully saturated rings. The first-order valence-corrected chi connectivity index (χ1v) is 12.7. The van der Waals surface area contributed by atoms with Crippen molar-refractivity contribution in [2.24, 2.45) is 17.6 Å². The lowest BCUT2D eigenvalue weighted by Crippen LogP contribution is -2.65. The number of nitrogens with zero attached hydrogens (tertiary/aromatic N) is 1. The van der Waals surface area contributed by atoms with E-state index in [0.717, 1.165) is 16.7 Å². The summed E-state index contributed by atoms with van der Waals surface area (Å²) in [5.41, 5.74) is 5.11. The number of hydrogen-bond acceptors (Lipinski definition) is 9. The van der Waals surface area contributed by atoms with Gasteiger partial charge in [-0.3, -0.25) is 19.3 Å². The van der Waals surface area contributed by atoms with Crippen molar-refractivity contribution in [3.63, 3.8) is 0 Å². The third kappa shape index (κ3) is 3.78. The van der Waals surface area contributed by atoms with E-state index in [2.05, 4.69) is 5.32 Å². The van der Waals surface area contributed by atoms with Gasteiger partial charge in [-0.1, -0.05) is 30.3 Å². The molecule has 10 heteroatoms. The van der Waals surface area contributed by atoms with Gasteiger partial charge in [-0.15, -0.1) is 0 Å². The molecule has 4 atom stereocenters. The van der Waals surface area contributed by atoms with Crippen LogP contribution in [-0.4, -0.2) is 75.6 Å². The Morgan fingerprint density at radius 2 is 1.77 bits per heavy atom. The van der Waals surface area contributed by atoms with Gasteiger partial charge in [0.1, 0.15) is 22.8 Å². The summed E-state index contributed by atoms with van der Waals surface area (Å²) in [6, 6.07) is 9.89. The molecule has 0 aromatic heterocycles. The zero-order valence-corrected chi connectivity index (χ0v) is 21.9. The Bertz CT molecular complexity index is 1470. The summed E-state index contributed by atoms with van der Waals surface area (Å²) < 4.78 is 0. The number of rotatable bonds is 5. The van der Waals surface area contributed by atoms with Crippen molar-refractivity contribution in [3.8, 4) is 16.9 Å². The summed E-state index contributed by atoms with van der Waals surface area (Å²) in [5.74, 6) is -6.65. The van der Waals surface area contributed by atoms with Gasteiger partial charge in [0.2, 0.25) is 5.78 Å². The first kappa shape index (κ1) is 26.6. The Labute approximate surface area is 225 Å². The zero-order valence-electron chi connectivity index (χ0n) is 21.9. The molecule has 204 valence electrons. The summed E-state index contributed by atoms with van der Waals surface area (Å²) in [4.78, 5) is 40.7. The van der Waals surface area contributed by atoms with Crippen LogP contribution in [0.4, 0.5) is 0 Å². The van der Waals surface area contributed by atoms with Gasteiger partial charge in [-0.2, -0.15) is 0 Å². The number of aliphatic hydroxyl groups is 3. The SMILES string of the molecule is CNCc1ccc(-c2ccc(O)c3c2C[C@H]2C[C@H]4[C@H](N(C)C)C(=O)C(C(N)=O)=C(O)[C@@]4(O)C(=O)C2=C3O)cc1. The third-order valence-electron chi connectivity index (χ3n) is 8.25. The number of phenols is 1.